The Hall–Kier alpha value is -3.02. The number of carbonyl (C=O) groups excluding carboxylic acids is 2. The fourth-order valence-electron chi connectivity index (χ4n) is 3.59. The zero-order valence-electron chi connectivity index (χ0n) is 18.8. The molecule has 166 valence electrons. The van der Waals surface area contributed by atoms with E-state index in [1.807, 2.05) is 63.2 Å². The highest BCUT2D eigenvalue weighted by molar-refractivity contribution is 5.81. The van der Waals surface area contributed by atoms with E-state index >= 15 is 0 Å². The molecule has 0 aromatic heterocycles. The van der Waals surface area contributed by atoms with Gasteiger partial charge in [0.1, 0.15) is 11.4 Å². The maximum Gasteiger partial charge on any atom is 0.407 e. The lowest BCUT2D eigenvalue weighted by atomic mass is 10.0. The van der Waals surface area contributed by atoms with Crippen molar-refractivity contribution in [2.24, 2.45) is 0 Å². The van der Waals surface area contributed by atoms with Crippen molar-refractivity contribution in [2.45, 2.75) is 58.3 Å². The molecule has 0 radical (unpaired) electrons. The van der Waals surface area contributed by atoms with Crippen molar-refractivity contribution in [1.82, 2.24) is 10.2 Å². The lowest BCUT2D eigenvalue weighted by molar-refractivity contribution is -0.139. The van der Waals surface area contributed by atoms with Gasteiger partial charge in [0.05, 0.1) is 0 Å². The van der Waals surface area contributed by atoms with E-state index in [1.54, 1.807) is 11.8 Å². The smallest absolute Gasteiger partial charge is 0.407 e. The van der Waals surface area contributed by atoms with Gasteiger partial charge in [-0.1, -0.05) is 42.5 Å². The molecule has 31 heavy (non-hydrogen) atoms. The van der Waals surface area contributed by atoms with Gasteiger partial charge in [-0.15, -0.1) is 0 Å². The van der Waals surface area contributed by atoms with Crippen molar-refractivity contribution in [2.75, 3.05) is 13.1 Å². The van der Waals surface area contributed by atoms with Crippen LogP contribution in [-0.4, -0.2) is 47.7 Å². The summed E-state index contributed by atoms with van der Waals surface area (Å²) in [6, 6.07) is 17.9. The molecule has 0 aliphatic carbocycles. The van der Waals surface area contributed by atoms with E-state index in [9.17, 15) is 9.59 Å². The molecule has 1 atom stereocenters. The van der Waals surface area contributed by atoms with Gasteiger partial charge in [0, 0.05) is 19.1 Å². The number of amides is 2. The second-order valence-electron chi connectivity index (χ2n) is 8.90. The number of ether oxygens (including phenoxy) is 2. The molecule has 0 saturated carbocycles. The highest BCUT2D eigenvalue weighted by Gasteiger charge is 2.28. The average Bonchev–Trinajstić information content (AvgIpc) is 2.73. The number of hydrogen-bond acceptors (Lipinski definition) is 4. The summed E-state index contributed by atoms with van der Waals surface area (Å²) in [7, 11) is 0. The lowest BCUT2D eigenvalue weighted by Gasteiger charge is -2.34. The molecule has 6 nitrogen and oxygen atoms in total. The predicted octanol–water partition coefficient (Wildman–Crippen LogP) is 4.64. The summed E-state index contributed by atoms with van der Waals surface area (Å²) >= 11 is 0. The van der Waals surface area contributed by atoms with Crippen molar-refractivity contribution in [1.29, 1.82) is 0 Å². The Balaban J connectivity index is 1.47. The highest BCUT2D eigenvalue weighted by atomic mass is 16.6. The van der Waals surface area contributed by atoms with E-state index in [2.05, 4.69) is 17.4 Å². The summed E-state index contributed by atoms with van der Waals surface area (Å²) < 4.78 is 11.2. The molecule has 0 spiro atoms. The monoisotopic (exact) mass is 424 g/mol. The number of carbonyl (C=O) groups is 2. The molecule has 0 bridgehead atoms. The summed E-state index contributed by atoms with van der Waals surface area (Å²) in [5, 5.41) is 2.89. The number of alkyl carbamates (subject to hydrolysis) is 1. The van der Waals surface area contributed by atoms with Gasteiger partial charge >= 0.3 is 6.09 Å². The summed E-state index contributed by atoms with van der Waals surface area (Å²) in [4.78, 5) is 26.5. The second kappa shape index (κ2) is 9.86. The van der Waals surface area contributed by atoms with Gasteiger partial charge in [-0.25, -0.2) is 4.79 Å². The van der Waals surface area contributed by atoms with E-state index in [0.29, 0.717) is 31.7 Å². The van der Waals surface area contributed by atoms with Gasteiger partial charge in [-0.3, -0.25) is 4.79 Å². The first-order valence-corrected chi connectivity index (χ1v) is 10.8. The molecule has 2 aromatic carbocycles. The first-order valence-electron chi connectivity index (χ1n) is 10.8. The van der Waals surface area contributed by atoms with E-state index in [1.165, 1.54) is 0 Å². The van der Waals surface area contributed by atoms with Crippen LogP contribution < -0.4 is 10.1 Å². The van der Waals surface area contributed by atoms with E-state index in [4.69, 9.17) is 9.47 Å². The average molecular weight is 425 g/mol. The van der Waals surface area contributed by atoms with Crippen molar-refractivity contribution in [3.05, 3.63) is 54.6 Å². The van der Waals surface area contributed by atoms with Crippen molar-refractivity contribution >= 4 is 12.0 Å². The third kappa shape index (κ3) is 6.74. The summed E-state index contributed by atoms with van der Waals surface area (Å²) in [6.45, 7) is 8.46. The molecule has 2 amide bonds. The summed E-state index contributed by atoms with van der Waals surface area (Å²) in [5.74, 6) is 0.630. The Labute approximate surface area is 184 Å². The Morgan fingerprint density at radius 1 is 0.968 bits per heavy atom. The van der Waals surface area contributed by atoms with Gasteiger partial charge in [-0.2, -0.15) is 0 Å². The van der Waals surface area contributed by atoms with Crippen LogP contribution >= 0.6 is 0 Å². The van der Waals surface area contributed by atoms with E-state index in [0.717, 1.165) is 11.1 Å². The largest absolute Gasteiger partial charge is 0.481 e. The molecule has 1 unspecified atom stereocenters. The molecule has 1 N–H and O–H groups in total. The number of benzene rings is 2. The fourth-order valence-corrected chi connectivity index (χ4v) is 3.59. The van der Waals surface area contributed by atoms with Crippen LogP contribution in [0.15, 0.2) is 54.6 Å². The number of piperidine rings is 1. The second-order valence-corrected chi connectivity index (χ2v) is 8.90. The number of nitrogens with zero attached hydrogens (tertiary/aromatic N) is 1. The molecular weight excluding hydrogens is 392 g/mol. The van der Waals surface area contributed by atoms with Gasteiger partial charge in [0.2, 0.25) is 0 Å². The first-order chi connectivity index (χ1) is 14.7. The molecule has 3 rings (SSSR count). The molecule has 1 saturated heterocycles. The minimum Gasteiger partial charge on any atom is -0.481 e. The molecule has 1 aliphatic rings. The maximum atomic E-state index is 12.8. The normalized spacial score (nSPS) is 15.8. The SMILES string of the molecule is CC(Oc1ccc(-c2ccccc2)cc1)C(=O)N1CCC(NC(=O)OC(C)(C)C)CC1. The van der Waals surface area contributed by atoms with Gasteiger partial charge < -0.3 is 19.7 Å². The Morgan fingerprint density at radius 2 is 1.55 bits per heavy atom. The molecule has 1 heterocycles. The quantitative estimate of drug-likeness (QED) is 0.759. The highest BCUT2D eigenvalue weighted by Crippen LogP contribution is 2.23. The van der Waals surface area contributed by atoms with Gasteiger partial charge in [-0.05, 0) is 63.8 Å². The molecule has 1 aliphatic heterocycles. The summed E-state index contributed by atoms with van der Waals surface area (Å²) in [6.07, 6.45) is 0.415. The van der Waals surface area contributed by atoms with Crippen molar-refractivity contribution in [3.8, 4) is 16.9 Å². The predicted molar refractivity (Wildman–Crippen MR) is 121 cm³/mol. The van der Waals surface area contributed by atoms with Crippen LogP contribution in [-0.2, 0) is 9.53 Å². The number of hydrogen-bond donors (Lipinski definition) is 1. The standard InChI is InChI=1S/C25H32N2O4/c1-18(30-22-12-10-20(11-13-22)19-8-6-5-7-9-19)23(28)27-16-14-21(15-17-27)26-24(29)31-25(2,3)4/h5-13,18,21H,14-17H2,1-4H3,(H,26,29). The number of rotatable bonds is 5. The third-order valence-corrected chi connectivity index (χ3v) is 5.15. The van der Waals surface area contributed by atoms with E-state index < -0.39 is 17.8 Å². The zero-order chi connectivity index (χ0) is 22.4. The fraction of sp³-hybridized carbons (Fsp3) is 0.440. The lowest BCUT2D eigenvalue weighted by Crippen LogP contribution is -2.50. The van der Waals surface area contributed by atoms with Crippen LogP contribution in [0, 0.1) is 0 Å². The topological polar surface area (TPSA) is 67.9 Å². The first kappa shape index (κ1) is 22.7. The van der Waals surface area contributed by atoms with Gasteiger partial charge in [0.15, 0.2) is 6.10 Å². The number of nitrogens with one attached hydrogen (secondary N) is 1. The third-order valence-electron chi connectivity index (χ3n) is 5.15. The Morgan fingerprint density at radius 3 is 2.13 bits per heavy atom. The molecular formula is C25H32N2O4. The molecule has 6 heteroatoms. The molecule has 1 fully saturated rings. The van der Waals surface area contributed by atoms with Crippen LogP contribution in [0.2, 0.25) is 0 Å². The Bertz CT molecular complexity index is 867. The van der Waals surface area contributed by atoms with E-state index in [-0.39, 0.29) is 11.9 Å². The minimum atomic E-state index is -0.571. The van der Waals surface area contributed by atoms with Crippen molar-refractivity contribution < 1.29 is 19.1 Å². The summed E-state index contributed by atoms with van der Waals surface area (Å²) in [5.41, 5.74) is 1.72. The maximum absolute atomic E-state index is 12.8. The number of likely N-dealkylation sites (tertiary alicyclic amines) is 1. The zero-order valence-corrected chi connectivity index (χ0v) is 18.8. The minimum absolute atomic E-state index is 0.0145. The van der Waals surface area contributed by atoms with Crippen LogP contribution in [0.3, 0.4) is 0 Å². The Kier molecular flexibility index (Phi) is 7.21. The van der Waals surface area contributed by atoms with Crippen LogP contribution in [0.1, 0.15) is 40.5 Å². The van der Waals surface area contributed by atoms with Crippen LogP contribution in [0.4, 0.5) is 4.79 Å². The molecule has 2 aromatic rings. The van der Waals surface area contributed by atoms with Crippen LogP contribution in [0.5, 0.6) is 5.75 Å². The van der Waals surface area contributed by atoms with Crippen LogP contribution in [0.25, 0.3) is 11.1 Å². The van der Waals surface area contributed by atoms with Crippen molar-refractivity contribution in [3.63, 3.8) is 0 Å². The van der Waals surface area contributed by atoms with Gasteiger partial charge in [0.25, 0.3) is 5.91 Å².